The first-order valence-electron chi connectivity index (χ1n) is 11.0. The molecule has 0 bridgehead atoms. The van der Waals surface area contributed by atoms with Gasteiger partial charge in [-0.1, -0.05) is 58.2 Å². The monoisotopic (exact) mass is 550 g/mol. The van der Waals surface area contributed by atoms with Crippen molar-refractivity contribution in [2.75, 3.05) is 0 Å². The molecule has 3 aromatic rings. The Kier molecular flexibility index (Phi) is 8.28. The quantitative estimate of drug-likeness (QED) is 0.292. The molecule has 6 rings (SSSR count). The van der Waals surface area contributed by atoms with Crippen LogP contribution in [-0.2, 0) is 43.5 Å². The summed E-state index contributed by atoms with van der Waals surface area (Å²) < 4.78 is 0. The molecule has 0 fully saturated rings. The van der Waals surface area contributed by atoms with Gasteiger partial charge in [0.25, 0.3) is 0 Å². The van der Waals surface area contributed by atoms with Gasteiger partial charge in [-0.3, -0.25) is 6.08 Å². The van der Waals surface area contributed by atoms with Gasteiger partial charge in [-0.25, -0.2) is 17.7 Å². The minimum atomic E-state index is 0. The Morgan fingerprint density at radius 2 is 1.30 bits per heavy atom. The van der Waals surface area contributed by atoms with Crippen LogP contribution in [0.25, 0.3) is 22.3 Å². The second kappa shape index (κ2) is 9.77. The van der Waals surface area contributed by atoms with Gasteiger partial charge in [-0.2, -0.15) is 23.8 Å². The number of allylic oxidation sites excluding steroid dienone is 4. The van der Waals surface area contributed by atoms with E-state index in [1.807, 2.05) is 30.3 Å². The summed E-state index contributed by atoms with van der Waals surface area (Å²) in [6, 6.07) is 19.8. The molecule has 0 unspecified atom stereocenters. The Hall–Kier alpha value is -1.27. The number of rotatable bonds is 0. The van der Waals surface area contributed by atoms with Gasteiger partial charge < -0.3 is 24.8 Å². The van der Waals surface area contributed by atoms with Crippen LogP contribution >= 0.6 is 0 Å². The average Bonchev–Trinajstić information content (AvgIpc) is 3.42. The predicted molar refractivity (Wildman–Crippen MR) is 129 cm³/mol. The van der Waals surface area contributed by atoms with Crippen LogP contribution in [0, 0.1) is 6.08 Å². The number of benzene rings is 2. The van der Waals surface area contributed by atoms with Gasteiger partial charge in [0.1, 0.15) is 0 Å². The smallest absolute Gasteiger partial charge is 1.00 e. The summed E-state index contributed by atoms with van der Waals surface area (Å²) >= 11 is 0. The Bertz CT molecular complexity index is 1120. The van der Waals surface area contributed by atoms with E-state index in [9.17, 15) is 0 Å². The number of fused-ring (bicyclic) bond motifs is 5. The van der Waals surface area contributed by atoms with E-state index in [0.29, 0.717) is 0 Å². The van der Waals surface area contributed by atoms with E-state index in [1.165, 1.54) is 55.7 Å². The minimum absolute atomic E-state index is 0. The molecule has 33 heavy (non-hydrogen) atoms. The van der Waals surface area contributed by atoms with Gasteiger partial charge in [-0.15, -0.1) is 11.6 Å². The fraction of sp³-hybridized carbons (Fsp3) is 0.300. The minimum Gasteiger partial charge on any atom is -1.00 e. The Labute approximate surface area is 230 Å². The van der Waals surface area contributed by atoms with E-state index in [4.69, 9.17) is 0 Å². The van der Waals surface area contributed by atoms with Crippen LogP contribution < -0.4 is 24.8 Å². The van der Waals surface area contributed by atoms with Gasteiger partial charge in [0, 0.05) is 5.41 Å². The summed E-state index contributed by atoms with van der Waals surface area (Å²) in [5.41, 5.74) is 14.5. The van der Waals surface area contributed by atoms with E-state index in [-0.39, 0.29) is 61.8 Å². The zero-order chi connectivity index (χ0) is 21.3. The third-order valence-corrected chi connectivity index (χ3v) is 6.99. The second-order valence-corrected chi connectivity index (χ2v) is 10.2. The van der Waals surface area contributed by atoms with Crippen molar-refractivity contribution >= 4 is 11.1 Å². The largest absolute Gasteiger partial charge is 4.00 e. The molecule has 0 saturated heterocycles. The van der Waals surface area contributed by atoms with E-state index < -0.39 is 0 Å². The van der Waals surface area contributed by atoms with Crippen LogP contribution in [0.4, 0.5) is 0 Å². The maximum atomic E-state index is 3.65. The van der Waals surface area contributed by atoms with Crippen LogP contribution in [0.5, 0.6) is 0 Å². The molecular weight excluding hydrogens is 522 g/mol. The number of hydrogen-bond donors (Lipinski definition) is 0. The van der Waals surface area contributed by atoms with Crippen molar-refractivity contribution in [3.63, 3.8) is 0 Å². The van der Waals surface area contributed by atoms with Gasteiger partial charge >= 0.3 is 26.2 Å². The molecule has 168 valence electrons. The molecule has 0 nitrogen and oxygen atoms in total. The maximum absolute atomic E-state index is 3.65. The molecule has 0 N–H and O–H groups in total. The van der Waals surface area contributed by atoms with Crippen molar-refractivity contribution in [3.05, 3.63) is 100 Å². The normalized spacial score (nSPS) is 16.8. The van der Waals surface area contributed by atoms with Crippen LogP contribution in [0.15, 0.2) is 60.7 Å². The summed E-state index contributed by atoms with van der Waals surface area (Å²) in [5.74, 6) is 0. The molecule has 0 spiro atoms. The topological polar surface area (TPSA) is 0 Å². The molecule has 0 heterocycles. The molecule has 3 heteroatoms. The fourth-order valence-electron chi connectivity index (χ4n) is 5.60. The molecule has 0 aliphatic heterocycles. The van der Waals surface area contributed by atoms with Crippen LogP contribution in [0.2, 0.25) is 0 Å². The van der Waals surface area contributed by atoms with E-state index in [0.717, 1.165) is 6.42 Å². The van der Waals surface area contributed by atoms with Crippen molar-refractivity contribution < 1.29 is 51.0 Å². The molecule has 0 aromatic heterocycles. The predicted octanol–water partition coefficient (Wildman–Crippen LogP) is 1.86. The first-order valence-corrected chi connectivity index (χ1v) is 11.0. The molecule has 0 saturated carbocycles. The van der Waals surface area contributed by atoms with Crippen molar-refractivity contribution in [2.45, 2.75) is 58.8 Å². The third-order valence-electron chi connectivity index (χ3n) is 6.99. The van der Waals surface area contributed by atoms with E-state index in [2.05, 4.69) is 78.0 Å². The van der Waals surface area contributed by atoms with Gasteiger partial charge in [0.05, 0.1) is 0 Å². The fourth-order valence-corrected chi connectivity index (χ4v) is 5.60. The first-order chi connectivity index (χ1) is 14.2. The summed E-state index contributed by atoms with van der Waals surface area (Å²) in [7, 11) is 0. The number of hydrogen-bond acceptors (Lipinski definition) is 0. The van der Waals surface area contributed by atoms with Crippen molar-refractivity contribution in [1.82, 2.24) is 0 Å². The maximum Gasteiger partial charge on any atom is 4.00 e. The zero-order valence-corrected chi connectivity index (χ0v) is 24.2. The zero-order valence-electron chi connectivity index (χ0n) is 20.2. The molecule has 3 aliphatic carbocycles. The molecular formula is C30H30Cl2Zr. The van der Waals surface area contributed by atoms with E-state index in [1.54, 1.807) is 0 Å². The van der Waals surface area contributed by atoms with Gasteiger partial charge in [-0.05, 0) is 58.4 Å². The van der Waals surface area contributed by atoms with Crippen LogP contribution in [-0.4, -0.2) is 0 Å². The van der Waals surface area contributed by atoms with Crippen molar-refractivity contribution in [1.29, 1.82) is 0 Å². The summed E-state index contributed by atoms with van der Waals surface area (Å²) in [6.45, 7) is 13.7. The third kappa shape index (κ3) is 4.67. The molecule has 3 aromatic carbocycles. The van der Waals surface area contributed by atoms with Crippen molar-refractivity contribution in [2.24, 2.45) is 0 Å². The van der Waals surface area contributed by atoms with Gasteiger partial charge in [0.15, 0.2) is 0 Å². The molecule has 3 aliphatic rings. The standard InChI is InChI=1S/C25H25.C5H5.2ClH.Zr/c1-14-12-24(3,4)22-8-16-7-17-9-23-19(15(2)13-25(23,5)6)11-21(17)20(16)10-18(14)22;1-2-4-5-3-1;;;/h8-12H,7H2,1-6H3;1-5H;2*1H;/q2*-1;;;+4/p-2. The molecule has 0 radical (unpaired) electrons. The Morgan fingerprint density at radius 3 is 1.85 bits per heavy atom. The second-order valence-electron chi connectivity index (χ2n) is 10.2. The molecule has 0 amide bonds. The number of halogens is 2. The molecule has 0 atom stereocenters. The first kappa shape index (κ1) is 28.0. The Balaban J connectivity index is 0.000000431. The van der Waals surface area contributed by atoms with Crippen LogP contribution in [0.3, 0.4) is 0 Å². The van der Waals surface area contributed by atoms with Crippen molar-refractivity contribution in [3.8, 4) is 11.1 Å². The van der Waals surface area contributed by atoms with Gasteiger partial charge in [0.2, 0.25) is 0 Å². The van der Waals surface area contributed by atoms with E-state index >= 15 is 0 Å². The summed E-state index contributed by atoms with van der Waals surface area (Å²) in [5, 5.41) is 0. The Morgan fingerprint density at radius 1 is 0.758 bits per heavy atom. The summed E-state index contributed by atoms with van der Waals surface area (Å²) in [4.78, 5) is 0. The SMILES string of the molecule is CC1=[C-]C(C)(C)c2cc3c(cc21)-c1cc2c(cc1C3)C(C)(C)C=C2C.[Cl-].[Cl-].[Zr+4].c1cc[cH-]c1. The van der Waals surface area contributed by atoms with Crippen LogP contribution in [0.1, 0.15) is 74.9 Å². The summed E-state index contributed by atoms with van der Waals surface area (Å²) in [6.07, 6.45) is 7.13. The average molecular weight is 553 g/mol.